The van der Waals surface area contributed by atoms with E-state index >= 15 is 0 Å². The second-order valence-corrected chi connectivity index (χ2v) is 3.65. The molecule has 1 heterocycles. The van der Waals surface area contributed by atoms with Gasteiger partial charge < -0.3 is 5.73 Å². The minimum Gasteiger partial charge on any atom is -0.392 e. The van der Waals surface area contributed by atoms with Crippen LogP contribution in [0, 0.1) is 0 Å². The Morgan fingerprint density at radius 1 is 1.36 bits per heavy atom. The van der Waals surface area contributed by atoms with Crippen molar-refractivity contribution >= 4 is 17.2 Å². The molecule has 0 aromatic rings. The molecule has 11 heavy (non-hydrogen) atoms. The maximum Gasteiger partial charge on any atom is 0.0899 e. The van der Waals surface area contributed by atoms with Crippen LogP contribution in [0.5, 0.6) is 0 Å². The van der Waals surface area contributed by atoms with Crippen molar-refractivity contribution in [1.82, 2.24) is 4.90 Å². The van der Waals surface area contributed by atoms with Crippen LogP contribution in [0.15, 0.2) is 0 Å². The van der Waals surface area contributed by atoms with Gasteiger partial charge in [-0.1, -0.05) is 18.6 Å². The summed E-state index contributed by atoms with van der Waals surface area (Å²) in [6.07, 6.45) is 3.96. The maximum atomic E-state index is 5.56. The van der Waals surface area contributed by atoms with Crippen molar-refractivity contribution in [1.29, 1.82) is 0 Å². The molecule has 2 N–H and O–H groups in total. The van der Waals surface area contributed by atoms with E-state index in [9.17, 15) is 0 Å². The highest BCUT2D eigenvalue weighted by Crippen LogP contribution is 2.11. The second kappa shape index (κ2) is 4.02. The molecule has 1 saturated heterocycles. The monoisotopic (exact) mass is 172 g/mol. The molecule has 3 heteroatoms. The van der Waals surface area contributed by atoms with Crippen LogP contribution in [0.2, 0.25) is 0 Å². The third kappa shape index (κ3) is 2.42. The fourth-order valence-electron chi connectivity index (χ4n) is 1.49. The van der Waals surface area contributed by atoms with Crippen molar-refractivity contribution in [2.75, 3.05) is 13.1 Å². The van der Waals surface area contributed by atoms with Crippen molar-refractivity contribution in [2.45, 2.75) is 32.2 Å². The molecule has 1 unspecified atom stereocenters. The Morgan fingerprint density at radius 2 is 1.91 bits per heavy atom. The van der Waals surface area contributed by atoms with Crippen molar-refractivity contribution in [2.24, 2.45) is 5.73 Å². The zero-order valence-electron chi connectivity index (χ0n) is 7.05. The second-order valence-electron chi connectivity index (χ2n) is 3.17. The Labute approximate surface area is 73.7 Å². The molecular formula is C8H16N2S. The summed E-state index contributed by atoms with van der Waals surface area (Å²) in [7, 11) is 0. The van der Waals surface area contributed by atoms with Crippen LogP contribution in [0.1, 0.15) is 26.2 Å². The fraction of sp³-hybridized carbons (Fsp3) is 0.875. The lowest BCUT2D eigenvalue weighted by molar-refractivity contribution is 0.211. The van der Waals surface area contributed by atoms with Gasteiger partial charge in [-0.15, -0.1) is 0 Å². The SMILES string of the molecule is CC(C(N)=S)N1CCCCC1. The number of hydrogen-bond acceptors (Lipinski definition) is 2. The fourth-order valence-corrected chi connectivity index (χ4v) is 1.63. The van der Waals surface area contributed by atoms with Crippen molar-refractivity contribution in [3.05, 3.63) is 0 Å². The van der Waals surface area contributed by atoms with Gasteiger partial charge in [-0.3, -0.25) is 4.90 Å². The molecule has 0 aromatic heterocycles. The molecule has 1 aliphatic rings. The lowest BCUT2D eigenvalue weighted by Gasteiger charge is -2.31. The van der Waals surface area contributed by atoms with Gasteiger partial charge in [0.1, 0.15) is 0 Å². The first kappa shape index (κ1) is 8.94. The number of rotatable bonds is 2. The van der Waals surface area contributed by atoms with Crippen LogP contribution < -0.4 is 5.73 Å². The van der Waals surface area contributed by atoms with E-state index in [-0.39, 0.29) is 0 Å². The summed E-state index contributed by atoms with van der Waals surface area (Å²) in [4.78, 5) is 3.00. The Kier molecular flexibility index (Phi) is 3.27. The Bertz CT molecular complexity index is 141. The molecule has 0 bridgehead atoms. The summed E-state index contributed by atoms with van der Waals surface area (Å²) in [5.74, 6) is 0. The molecule has 1 aliphatic heterocycles. The maximum absolute atomic E-state index is 5.56. The van der Waals surface area contributed by atoms with Gasteiger partial charge in [-0.2, -0.15) is 0 Å². The summed E-state index contributed by atoms with van der Waals surface area (Å²) < 4.78 is 0. The summed E-state index contributed by atoms with van der Waals surface area (Å²) in [6.45, 7) is 4.42. The molecule has 1 rings (SSSR count). The first-order valence-electron chi connectivity index (χ1n) is 4.25. The molecule has 0 radical (unpaired) electrons. The van der Waals surface area contributed by atoms with Gasteiger partial charge in [0.15, 0.2) is 0 Å². The highest BCUT2D eigenvalue weighted by molar-refractivity contribution is 7.80. The molecule has 0 saturated carbocycles. The Morgan fingerprint density at radius 3 is 2.36 bits per heavy atom. The lowest BCUT2D eigenvalue weighted by Crippen LogP contribution is -2.44. The lowest BCUT2D eigenvalue weighted by atomic mass is 10.1. The molecule has 0 aromatic carbocycles. The topological polar surface area (TPSA) is 29.3 Å². The molecule has 1 fully saturated rings. The van der Waals surface area contributed by atoms with Gasteiger partial charge in [-0.25, -0.2) is 0 Å². The van der Waals surface area contributed by atoms with Crippen molar-refractivity contribution < 1.29 is 0 Å². The van der Waals surface area contributed by atoms with Crippen molar-refractivity contribution in [3.63, 3.8) is 0 Å². The van der Waals surface area contributed by atoms with Gasteiger partial charge in [0, 0.05) is 0 Å². The average molecular weight is 172 g/mol. The minimum atomic E-state index is 0.297. The average Bonchev–Trinajstić information content (AvgIpc) is 2.05. The van der Waals surface area contributed by atoms with Crippen LogP contribution in [0.3, 0.4) is 0 Å². The smallest absolute Gasteiger partial charge is 0.0899 e. The number of likely N-dealkylation sites (tertiary alicyclic amines) is 1. The Hall–Kier alpha value is -0.150. The van der Waals surface area contributed by atoms with Gasteiger partial charge >= 0.3 is 0 Å². The van der Waals surface area contributed by atoms with E-state index in [0.29, 0.717) is 11.0 Å². The van der Waals surface area contributed by atoms with E-state index in [1.165, 1.54) is 32.4 Å². The third-order valence-corrected chi connectivity index (χ3v) is 2.69. The first-order chi connectivity index (χ1) is 5.22. The van der Waals surface area contributed by atoms with Gasteiger partial charge in [0.05, 0.1) is 11.0 Å². The van der Waals surface area contributed by atoms with Gasteiger partial charge in [0.2, 0.25) is 0 Å². The molecule has 64 valence electrons. The predicted molar refractivity (Wildman–Crippen MR) is 51.7 cm³/mol. The van der Waals surface area contributed by atoms with Crippen LogP contribution >= 0.6 is 12.2 Å². The van der Waals surface area contributed by atoms with Crippen LogP contribution in [-0.4, -0.2) is 29.0 Å². The summed E-state index contributed by atoms with van der Waals surface area (Å²) >= 11 is 4.94. The standard InChI is InChI=1S/C8H16N2S/c1-7(8(9)11)10-5-3-2-4-6-10/h7H,2-6H2,1H3,(H2,9,11). The third-order valence-electron chi connectivity index (χ3n) is 2.35. The van der Waals surface area contributed by atoms with E-state index in [1.54, 1.807) is 0 Å². The number of piperidine rings is 1. The minimum absolute atomic E-state index is 0.297. The molecule has 0 spiro atoms. The van der Waals surface area contributed by atoms with Crippen LogP contribution in [-0.2, 0) is 0 Å². The zero-order valence-corrected chi connectivity index (χ0v) is 7.86. The molecule has 0 amide bonds. The van der Waals surface area contributed by atoms with E-state index in [1.807, 2.05) is 0 Å². The van der Waals surface area contributed by atoms with E-state index in [0.717, 1.165) is 0 Å². The highest BCUT2D eigenvalue weighted by atomic mass is 32.1. The normalized spacial score (nSPS) is 23.0. The quantitative estimate of drug-likeness (QED) is 0.634. The van der Waals surface area contributed by atoms with Crippen LogP contribution in [0.4, 0.5) is 0 Å². The zero-order chi connectivity index (χ0) is 8.27. The Balaban J connectivity index is 2.38. The molecule has 2 nitrogen and oxygen atoms in total. The number of nitrogens with two attached hydrogens (primary N) is 1. The number of thiocarbonyl (C=S) groups is 1. The van der Waals surface area contributed by atoms with Gasteiger partial charge in [-0.05, 0) is 32.9 Å². The van der Waals surface area contributed by atoms with E-state index in [2.05, 4.69) is 11.8 Å². The largest absolute Gasteiger partial charge is 0.392 e. The van der Waals surface area contributed by atoms with Crippen LogP contribution in [0.25, 0.3) is 0 Å². The van der Waals surface area contributed by atoms with E-state index < -0.39 is 0 Å². The van der Waals surface area contributed by atoms with Crippen molar-refractivity contribution in [3.8, 4) is 0 Å². The highest BCUT2D eigenvalue weighted by Gasteiger charge is 2.17. The molecular weight excluding hydrogens is 156 g/mol. The number of hydrogen-bond donors (Lipinski definition) is 1. The molecule has 1 atom stereocenters. The summed E-state index contributed by atoms with van der Waals surface area (Å²) in [5, 5.41) is 0. The predicted octanol–water partition coefficient (Wildman–Crippen LogP) is 1.15. The molecule has 0 aliphatic carbocycles. The summed E-state index contributed by atoms with van der Waals surface area (Å²) in [5.41, 5.74) is 5.56. The first-order valence-corrected chi connectivity index (χ1v) is 4.66. The number of nitrogens with zero attached hydrogens (tertiary/aromatic N) is 1. The van der Waals surface area contributed by atoms with Gasteiger partial charge in [0.25, 0.3) is 0 Å². The summed E-state index contributed by atoms with van der Waals surface area (Å²) in [6, 6.07) is 0.297. The van der Waals surface area contributed by atoms with E-state index in [4.69, 9.17) is 18.0 Å².